The summed E-state index contributed by atoms with van der Waals surface area (Å²) in [7, 11) is 0. The maximum Gasteiger partial charge on any atom is 0.323 e. The van der Waals surface area contributed by atoms with Crippen LogP contribution in [0.1, 0.15) is 25.3 Å². The van der Waals surface area contributed by atoms with Crippen molar-refractivity contribution in [1.29, 1.82) is 0 Å². The molecule has 0 amide bonds. The summed E-state index contributed by atoms with van der Waals surface area (Å²) in [5.74, 6) is -0.192. The van der Waals surface area contributed by atoms with Crippen LogP contribution >= 0.6 is 25.6 Å². The van der Waals surface area contributed by atoms with Gasteiger partial charge in [-0.3, -0.25) is 33.3 Å². The second-order valence-corrected chi connectivity index (χ2v) is 16.6. The molecule has 8 atom stereocenters. The number of H-pyrrole nitrogens is 2. The first-order valence-electron chi connectivity index (χ1n) is 13.1. The topological polar surface area (TPSA) is 277 Å². The molecule has 2 unspecified atom stereocenters. The smallest absolute Gasteiger partial charge is 0.323 e. The van der Waals surface area contributed by atoms with Crippen molar-refractivity contribution in [2.45, 2.75) is 49.6 Å². The van der Waals surface area contributed by atoms with Gasteiger partial charge < -0.3 is 34.9 Å². The van der Waals surface area contributed by atoms with Crippen LogP contribution in [-0.4, -0.2) is 81.4 Å². The van der Waals surface area contributed by atoms with Gasteiger partial charge in [0.25, 0.3) is 17.8 Å². The van der Waals surface area contributed by atoms with E-state index in [0.717, 1.165) is 0 Å². The normalized spacial score (nSPS) is 34.9. The highest BCUT2D eigenvalue weighted by Crippen LogP contribution is 2.52. The molecule has 4 aromatic heterocycles. The van der Waals surface area contributed by atoms with Gasteiger partial charge in [-0.2, -0.15) is 9.97 Å². The largest absolute Gasteiger partial charge is 0.369 e. The van der Waals surface area contributed by atoms with Crippen LogP contribution in [0.15, 0.2) is 22.2 Å². The van der Waals surface area contributed by atoms with Crippen molar-refractivity contribution in [3.8, 4) is 0 Å². The molecule has 236 valence electrons. The Morgan fingerprint density at radius 2 is 1.36 bits per heavy atom. The van der Waals surface area contributed by atoms with E-state index in [2.05, 4.69) is 52.3 Å². The van der Waals surface area contributed by atoms with Crippen molar-refractivity contribution in [2.24, 2.45) is 0 Å². The van der Waals surface area contributed by atoms with Gasteiger partial charge in [0.1, 0.15) is 12.5 Å². The van der Waals surface area contributed by atoms with Crippen LogP contribution in [0.2, 0.25) is 0 Å². The molecule has 0 aliphatic carbocycles. The van der Waals surface area contributed by atoms with Gasteiger partial charge in [0, 0.05) is 24.9 Å². The predicted octanol–water partition coefficient (Wildman–Crippen LogP) is -0.790. The number of aromatic amines is 2. The Morgan fingerprint density at radius 3 is 1.89 bits per heavy atom. The minimum Gasteiger partial charge on any atom is -0.369 e. The number of anilines is 2. The number of nitrogens with one attached hydrogen (secondary N) is 4. The van der Waals surface area contributed by atoms with Crippen LogP contribution < -0.4 is 32.8 Å². The lowest BCUT2D eigenvalue weighted by Gasteiger charge is -2.29. The molecule has 24 heteroatoms. The van der Waals surface area contributed by atoms with Crippen molar-refractivity contribution in [3.05, 3.63) is 33.4 Å². The van der Waals surface area contributed by atoms with Crippen molar-refractivity contribution < 1.29 is 28.0 Å². The molecule has 20 nitrogen and oxygen atoms in total. The van der Waals surface area contributed by atoms with Crippen molar-refractivity contribution >= 4 is 71.6 Å². The average molecular weight is 689 g/mol. The Balaban J connectivity index is 1.13. The Labute approximate surface area is 256 Å². The first-order valence-corrected chi connectivity index (χ1v) is 18.6. The molecule has 0 aromatic carbocycles. The van der Waals surface area contributed by atoms with E-state index < -0.39 is 61.2 Å². The number of nitrogens with zero attached hydrogens (tertiary/aromatic N) is 6. The van der Waals surface area contributed by atoms with Gasteiger partial charge in [-0.15, -0.1) is 0 Å². The molecular weight excluding hydrogens is 662 g/mol. The molecule has 3 saturated heterocycles. The summed E-state index contributed by atoms with van der Waals surface area (Å²) in [4.78, 5) is 57.0. The second-order valence-electron chi connectivity index (χ2n) is 10.4. The molecule has 3 fully saturated rings. The number of hydrogen-bond acceptors (Lipinski definition) is 14. The lowest BCUT2D eigenvalue weighted by Crippen LogP contribution is -2.41. The molecule has 0 saturated carbocycles. The zero-order valence-electron chi connectivity index (χ0n) is 22.3. The van der Waals surface area contributed by atoms with Crippen LogP contribution in [0, 0.1) is 0 Å². The van der Waals surface area contributed by atoms with E-state index in [4.69, 9.17) is 41.8 Å². The van der Waals surface area contributed by atoms with E-state index in [-0.39, 0.29) is 60.3 Å². The fourth-order valence-electron chi connectivity index (χ4n) is 5.53. The van der Waals surface area contributed by atoms with E-state index in [0.29, 0.717) is 0 Å². The summed E-state index contributed by atoms with van der Waals surface area (Å²) in [6.07, 6.45) is 0.171. The molecule has 44 heavy (non-hydrogen) atoms. The standard InChI is InChI=1S/C20H26N12O8P2S2/c21-19-25-15-13(17(33)27-19)23-5-31(15)11-1-7-9(39-11)3-37-42(36,44)30-8-2-12(40-10(8)4-38-41(35,43)29-7)32-6-24-14-16(32)26-20(22)28-18(14)34/h5-12H,1-4H2,(H2,29,35,43)(H2,30,36,44)(H3,21,25,27,33)(H3,22,26,28,34)/t7-,8-,9+,10+,11+,12+,41?,42?/m0/s1. The molecule has 0 bridgehead atoms. The van der Waals surface area contributed by atoms with Gasteiger partial charge in [-0.05, 0) is 11.8 Å². The van der Waals surface area contributed by atoms with E-state index in [1.165, 1.54) is 21.8 Å². The lowest BCUT2D eigenvalue weighted by molar-refractivity contribution is -0.0243. The van der Waals surface area contributed by atoms with Crippen molar-refractivity contribution in [1.82, 2.24) is 49.2 Å². The summed E-state index contributed by atoms with van der Waals surface area (Å²) < 4.78 is 40.5. The van der Waals surface area contributed by atoms with Crippen LogP contribution in [0.5, 0.6) is 0 Å². The minimum atomic E-state index is -3.78. The summed E-state index contributed by atoms with van der Waals surface area (Å²) >= 11 is 9.71. The van der Waals surface area contributed by atoms with E-state index in [1.807, 2.05) is 0 Å². The van der Waals surface area contributed by atoms with E-state index >= 15 is 0 Å². The highest BCUT2D eigenvalue weighted by Gasteiger charge is 2.45. The van der Waals surface area contributed by atoms with E-state index in [1.54, 1.807) is 0 Å². The van der Waals surface area contributed by atoms with Gasteiger partial charge in [-0.1, -0.05) is 12.2 Å². The fourth-order valence-corrected chi connectivity index (χ4v) is 9.00. The molecule has 3 aliphatic rings. The Morgan fingerprint density at radius 1 is 0.886 bits per heavy atom. The quantitative estimate of drug-likeness (QED) is 0.0946. The van der Waals surface area contributed by atoms with E-state index in [9.17, 15) is 19.0 Å². The van der Waals surface area contributed by atoms with Crippen molar-refractivity contribution in [3.63, 3.8) is 0 Å². The number of nitrogen functional groups attached to an aromatic ring is 2. The summed E-state index contributed by atoms with van der Waals surface area (Å²) in [5, 5.41) is 5.87. The fraction of sp³-hybridized carbons (Fsp3) is 0.500. The van der Waals surface area contributed by atoms with Gasteiger partial charge in [-0.25, -0.2) is 20.1 Å². The number of nitrogens with two attached hydrogens (primary N) is 2. The van der Waals surface area contributed by atoms with Crippen LogP contribution in [0.4, 0.5) is 11.9 Å². The zero-order chi connectivity index (χ0) is 31.0. The number of hydrogen-bond donors (Lipinski definition) is 8. The SMILES string of the molecule is Nc1nc2c(ncn2[C@H]2C[C@@H]3NP(=O)(S)OC[C@H]4O[C@@H](n5cnc6c(=O)[nH]c(N)nc65)C[C@@H]4NP(O)(=S)OC[C@H]3O2)c(=O)[nH]1. The monoisotopic (exact) mass is 688 g/mol. The number of thiol groups is 1. The summed E-state index contributed by atoms with van der Waals surface area (Å²) in [5.41, 5.74) is 11.0. The highest BCUT2D eigenvalue weighted by molar-refractivity contribution is 8.45. The highest BCUT2D eigenvalue weighted by atomic mass is 32.7. The summed E-state index contributed by atoms with van der Waals surface area (Å²) in [6, 6.07) is -1.30. The molecule has 4 aromatic rings. The Bertz CT molecular complexity index is 1840. The molecule has 7 rings (SSSR count). The molecule has 0 radical (unpaired) electrons. The van der Waals surface area contributed by atoms with Gasteiger partial charge in [0.05, 0.1) is 38.1 Å². The molecule has 3 aliphatic heterocycles. The zero-order valence-corrected chi connectivity index (χ0v) is 25.8. The number of imidazole rings is 2. The first kappa shape index (κ1) is 29.9. The minimum absolute atomic E-state index is 0.0655. The maximum absolute atomic E-state index is 13.5. The number of rotatable bonds is 2. The third kappa shape index (κ3) is 5.60. The van der Waals surface area contributed by atoms with Crippen molar-refractivity contribution in [2.75, 3.05) is 24.7 Å². The third-order valence-corrected chi connectivity index (χ3v) is 11.1. The van der Waals surface area contributed by atoms with Gasteiger partial charge in [0.15, 0.2) is 22.3 Å². The molecule has 7 heterocycles. The average Bonchev–Trinajstić information content (AvgIpc) is 3.70. The molecular formula is C20H26N12O8P2S2. The molecule has 9 N–H and O–H groups in total. The Kier molecular flexibility index (Phi) is 7.45. The van der Waals surface area contributed by atoms with Gasteiger partial charge in [0.2, 0.25) is 11.9 Å². The van der Waals surface area contributed by atoms with Crippen LogP contribution in [-0.2, 0) is 34.9 Å². The number of fused-ring (bicyclic) bond motifs is 4. The predicted molar refractivity (Wildman–Crippen MR) is 161 cm³/mol. The van der Waals surface area contributed by atoms with Crippen LogP contribution in [0.25, 0.3) is 22.3 Å². The third-order valence-electron chi connectivity index (χ3n) is 7.48. The van der Waals surface area contributed by atoms with Gasteiger partial charge >= 0.3 is 6.72 Å². The lowest BCUT2D eigenvalue weighted by atomic mass is 10.1. The maximum atomic E-state index is 13.5. The Hall–Kier alpha value is -2.75. The molecule has 0 spiro atoms. The van der Waals surface area contributed by atoms with Crippen LogP contribution in [0.3, 0.4) is 0 Å². The first-order chi connectivity index (χ1) is 20.9. The second kappa shape index (κ2) is 11.0. The number of aromatic nitrogens is 8. The summed E-state index contributed by atoms with van der Waals surface area (Å²) in [6.45, 7) is -7.85. The number of ether oxygens (including phenoxy) is 2.